The van der Waals surface area contributed by atoms with Crippen molar-refractivity contribution in [1.82, 2.24) is 10.2 Å². The van der Waals surface area contributed by atoms with Gasteiger partial charge >= 0.3 is 5.97 Å². The van der Waals surface area contributed by atoms with Crippen LogP contribution in [0.2, 0.25) is 0 Å². The first-order valence-corrected chi connectivity index (χ1v) is 7.34. The van der Waals surface area contributed by atoms with Crippen molar-refractivity contribution in [2.24, 2.45) is 0 Å². The van der Waals surface area contributed by atoms with Crippen molar-refractivity contribution in [2.45, 2.75) is 19.4 Å². The fourth-order valence-electron chi connectivity index (χ4n) is 2.12. The molecule has 0 saturated carbocycles. The molecule has 1 atom stereocenters. The number of amides is 1. The predicted molar refractivity (Wildman–Crippen MR) is 73.0 cm³/mol. The Morgan fingerprint density at radius 1 is 1.58 bits per heavy atom. The summed E-state index contributed by atoms with van der Waals surface area (Å²) in [6.07, 6.45) is 0.347. The number of hydrogen-bond donors (Lipinski definition) is 1. The molecule has 6 heteroatoms. The maximum atomic E-state index is 12.3. The predicted octanol–water partition coefficient (Wildman–Crippen LogP) is 0.654. The maximum Gasteiger partial charge on any atom is 0.330 e. The third kappa shape index (κ3) is 3.54. The zero-order valence-corrected chi connectivity index (χ0v) is 11.7. The lowest BCUT2D eigenvalue weighted by Gasteiger charge is -2.34. The highest BCUT2D eigenvalue weighted by molar-refractivity contribution is 7.07. The smallest absolute Gasteiger partial charge is 0.330 e. The Kier molecular flexibility index (Phi) is 4.93. The Balaban J connectivity index is 2.02. The van der Waals surface area contributed by atoms with E-state index in [0.29, 0.717) is 32.7 Å². The Morgan fingerprint density at radius 2 is 2.42 bits per heavy atom. The van der Waals surface area contributed by atoms with Gasteiger partial charge in [0.25, 0.3) is 0 Å². The minimum absolute atomic E-state index is 0.0158. The summed E-state index contributed by atoms with van der Waals surface area (Å²) < 4.78 is 5.03. The summed E-state index contributed by atoms with van der Waals surface area (Å²) in [5.41, 5.74) is 0.996. The van der Waals surface area contributed by atoms with Gasteiger partial charge in [-0.15, -0.1) is 0 Å². The number of esters is 1. The number of piperazine rings is 1. The van der Waals surface area contributed by atoms with Gasteiger partial charge in [-0.05, 0) is 29.3 Å². The molecule has 1 fully saturated rings. The number of nitrogens with one attached hydrogen (secondary N) is 1. The van der Waals surface area contributed by atoms with Crippen molar-refractivity contribution in [3.63, 3.8) is 0 Å². The normalized spacial score (nSPS) is 19.2. The molecule has 0 radical (unpaired) electrons. The fraction of sp³-hybridized carbons (Fsp3) is 0.538. The highest BCUT2D eigenvalue weighted by Gasteiger charge is 2.32. The quantitative estimate of drug-likeness (QED) is 0.824. The van der Waals surface area contributed by atoms with Crippen molar-refractivity contribution in [1.29, 1.82) is 0 Å². The Labute approximate surface area is 116 Å². The van der Waals surface area contributed by atoms with Crippen LogP contribution in [0.3, 0.4) is 0 Å². The van der Waals surface area contributed by atoms with Crippen LogP contribution in [0, 0.1) is 0 Å². The second-order valence-electron chi connectivity index (χ2n) is 4.37. The van der Waals surface area contributed by atoms with Gasteiger partial charge in [-0.3, -0.25) is 4.79 Å². The van der Waals surface area contributed by atoms with Crippen molar-refractivity contribution in [3.8, 4) is 0 Å². The van der Waals surface area contributed by atoms with Gasteiger partial charge < -0.3 is 15.0 Å². The third-order valence-corrected chi connectivity index (χ3v) is 3.79. The first-order chi connectivity index (χ1) is 9.22. The van der Waals surface area contributed by atoms with E-state index in [4.69, 9.17) is 4.74 Å². The second-order valence-corrected chi connectivity index (χ2v) is 5.15. The van der Waals surface area contributed by atoms with Gasteiger partial charge in [-0.2, -0.15) is 11.3 Å². The lowest BCUT2D eigenvalue weighted by molar-refractivity contribution is -0.155. The highest BCUT2D eigenvalue weighted by Crippen LogP contribution is 2.12. The number of rotatable bonds is 4. The van der Waals surface area contributed by atoms with E-state index < -0.39 is 6.04 Å². The molecule has 1 aliphatic rings. The lowest BCUT2D eigenvalue weighted by atomic mass is 10.1. The second kappa shape index (κ2) is 6.68. The third-order valence-electron chi connectivity index (χ3n) is 3.06. The van der Waals surface area contributed by atoms with E-state index in [1.807, 2.05) is 16.8 Å². The molecule has 0 spiro atoms. The summed E-state index contributed by atoms with van der Waals surface area (Å²) in [7, 11) is 0. The van der Waals surface area contributed by atoms with Gasteiger partial charge in [-0.25, -0.2) is 4.79 Å². The average Bonchev–Trinajstić information content (AvgIpc) is 2.92. The van der Waals surface area contributed by atoms with Crippen LogP contribution in [0.15, 0.2) is 16.8 Å². The molecule has 1 amide bonds. The summed E-state index contributed by atoms with van der Waals surface area (Å²) in [6.45, 7) is 3.83. The number of carbonyl (C=O) groups excluding carboxylic acids is 2. The summed E-state index contributed by atoms with van der Waals surface area (Å²) >= 11 is 1.57. The van der Waals surface area contributed by atoms with Crippen LogP contribution >= 0.6 is 11.3 Å². The fourth-order valence-corrected chi connectivity index (χ4v) is 2.79. The summed E-state index contributed by atoms with van der Waals surface area (Å²) in [6, 6.07) is 1.43. The molecular formula is C13H18N2O3S. The number of thiophene rings is 1. The van der Waals surface area contributed by atoms with Crippen LogP contribution in [-0.2, 0) is 20.7 Å². The molecule has 1 N–H and O–H groups in total. The standard InChI is InChI=1S/C13H18N2O3S/c1-2-18-13(17)11-8-14-4-5-15(11)12(16)7-10-3-6-19-9-10/h3,6,9,11,14H,2,4-5,7-8H2,1H3. The largest absolute Gasteiger partial charge is 0.464 e. The molecule has 1 aliphatic heterocycles. The van der Waals surface area contributed by atoms with Crippen LogP contribution in [0.25, 0.3) is 0 Å². The SMILES string of the molecule is CCOC(=O)C1CNCCN1C(=O)Cc1ccsc1. The zero-order chi connectivity index (χ0) is 13.7. The summed E-state index contributed by atoms with van der Waals surface area (Å²) in [4.78, 5) is 25.8. The van der Waals surface area contributed by atoms with Crippen LogP contribution in [-0.4, -0.2) is 49.1 Å². The first kappa shape index (κ1) is 14.0. The first-order valence-electron chi connectivity index (χ1n) is 6.40. The Bertz CT molecular complexity index is 433. The van der Waals surface area contributed by atoms with Gasteiger partial charge in [0.1, 0.15) is 6.04 Å². The van der Waals surface area contributed by atoms with Crippen molar-refractivity contribution in [3.05, 3.63) is 22.4 Å². The van der Waals surface area contributed by atoms with E-state index in [2.05, 4.69) is 5.32 Å². The number of hydrogen-bond acceptors (Lipinski definition) is 5. The van der Waals surface area contributed by atoms with E-state index in [-0.39, 0.29) is 11.9 Å². The number of nitrogens with zero attached hydrogens (tertiary/aromatic N) is 1. The van der Waals surface area contributed by atoms with Crippen molar-refractivity contribution >= 4 is 23.2 Å². The Morgan fingerprint density at radius 3 is 3.11 bits per heavy atom. The van der Waals surface area contributed by atoms with E-state index in [9.17, 15) is 9.59 Å². The van der Waals surface area contributed by atoms with Crippen molar-refractivity contribution < 1.29 is 14.3 Å². The molecule has 1 saturated heterocycles. The maximum absolute atomic E-state index is 12.3. The molecule has 5 nitrogen and oxygen atoms in total. The molecule has 0 aliphatic carbocycles. The minimum atomic E-state index is -0.500. The molecule has 104 valence electrons. The number of carbonyl (C=O) groups is 2. The topological polar surface area (TPSA) is 58.6 Å². The minimum Gasteiger partial charge on any atom is -0.464 e. The van der Waals surface area contributed by atoms with Crippen LogP contribution in [0.5, 0.6) is 0 Å². The van der Waals surface area contributed by atoms with E-state index in [1.54, 1.807) is 23.2 Å². The van der Waals surface area contributed by atoms with Crippen LogP contribution < -0.4 is 5.32 Å². The molecule has 19 heavy (non-hydrogen) atoms. The highest BCUT2D eigenvalue weighted by atomic mass is 32.1. The molecule has 1 aromatic heterocycles. The molecule has 0 bridgehead atoms. The lowest BCUT2D eigenvalue weighted by Crippen LogP contribution is -2.57. The van der Waals surface area contributed by atoms with Crippen LogP contribution in [0.1, 0.15) is 12.5 Å². The van der Waals surface area contributed by atoms with E-state index in [0.717, 1.165) is 5.56 Å². The molecule has 2 heterocycles. The summed E-state index contributed by atoms with van der Waals surface area (Å²) in [5.74, 6) is -0.341. The monoisotopic (exact) mass is 282 g/mol. The van der Waals surface area contributed by atoms with Crippen LogP contribution in [0.4, 0.5) is 0 Å². The average molecular weight is 282 g/mol. The Hall–Kier alpha value is -1.40. The molecule has 0 aromatic carbocycles. The molecular weight excluding hydrogens is 264 g/mol. The molecule has 1 aromatic rings. The van der Waals surface area contributed by atoms with Crippen molar-refractivity contribution in [2.75, 3.05) is 26.2 Å². The van der Waals surface area contributed by atoms with E-state index >= 15 is 0 Å². The zero-order valence-electron chi connectivity index (χ0n) is 10.9. The van der Waals surface area contributed by atoms with Gasteiger partial charge in [-0.1, -0.05) is 0 Å². The van der Waals surface area contributed by atoms with Gasteiger partial charge in [0.15, 0.2) is 0 Å². The van der Waals surface area contributed by atoms with Gasteiger partial charge in [0, 0.05) is 19.6 Å². The molecule has 2 rings (SSSR count). The summed E-state index contributed by atoms with van der Waals surface area (Å²) in [5, 5.41) is 7.03. The van der Waals surface area contributed by atoms with Gasteiger partial charge in [0.05, 0.1) is 13.0 Å². The molecule has 1 unspecified atom stereocenters. The van der Waals surface area contributed by atoms with E-state index in [1.165, 1.54) is 0 Å². The van der Waals surface area contributed by atoms with Gasteiger partial charge in [0.2, 0.25) is 5.91 Å². The number of ether oxygens (including phenoxy) is 1.